The molecule has 0 aromatic rings. The summed E-state index contributed by atoms with van der Waals surface area (Å²) in [5, 5.41) is 10.2. The SMILES string of the molecule is C=C(C)[C@H](C=C[C@H](C)[C@@H]1CC[C@H]2[C@@H]3CC=C4C[C@@H](O)CC[C@]4(C)[C@H]3CC[C@@]21C)CC. The molecule has 4 aliphatic rings. The average Bonchev–Trinajstić information content (AvgIpc) is 3.06. The molecular weight excluding hydrogens is 364 g/mol. The van der Waals surface area contributed by atoms with Crippen LogP contribution in [0.1, 0.15) is 92.4 Å². The highest BCUT2D eigenvalue weighted by Crippen LogP contribution is 2.67. The van der Waals surface area contributed by atoms with E-state index in [4.69, 9.17) is 0 Å². The van der Waals surface area contributed by atoms with Gasteiger partial charge in [-0.05, 0) is 111 Å². The van der Waals surface area contributed by atoms with Crippen LogP contribution in [0.25, 0.3) is 0 Å². The minimum Gasteiger partial charge on any atom is -0.393 e. The fraction of sp³-hybridized carbons (Fsp3) is 0.793. The lowest BCUT2D eigenvalue weighted by Crippen LogP contribution is -2.50. The number of hydrogen-bond acceptors (Lipinski definition) is 1. The monoisotopic (exact) mass is 410 g/mol. The van der Waals surface area contributed by atoms with Gasteiger partial charge < -0.3 is 5.11 Å². The van der Waals surface area contributed by atoms with Crippen LogP contribution in [0.2, 0.25) is 0 Å². The van der Waals surface area contributed by atoms with Gasteiger partial charge in [0, 0.05) is 0 Å². The minimum absolute atomic E-state index is 0.0932. The van der Waals surface area contributed by atoms with Crippen molar-refractivity contribution < 1.29 is 5.11 Å². The van der Waals surface area contributed by atoms with E-state index in [-0.39, 0.29) is 6.10 Å². The maximum Gasteiger partial charge on any atom is 0.0577 e. The Morgan fingerprint density at radius 1 is 1.17 bits per heavy atom. The van der Waals surface area contributed by atoms with Crippen LogP contribution in [0.5, 0.6) is 0 Å². The summed E-state index contributed by atoms with van der Waals surface area (Å²) in [4.78, 5) is 0. The van der Waals surface area contributed by atoms with Gasteiger partial charge >= 0.3 is 0 Å². The van der Waals surface area contributed by atoms with Gasteiger partial charge in [0.15, 0.2) is 0 Å². The van der Waals surface area contributed by atoms with Crippen molar-refractivity contribution in [3.8, 4) is 0 Å². The number of aliphatic hydroxyl groups excluding tert-OH is 1. The minimum atomic E-state index is -0.0932. The van der Waals surface area contributed by atoms with Crippen LogP contribution in [-0.4, -0.2) is 11.2 Å². The predicted octanol–water partition coefficient (Wildman–Crippen LogP) is 7.72. The fourth-order valence-electron chi connectivity index (χ4n) is 8.64. The van der Waals surface area contributed by atoms with E-state index in [0.29, 0.717) is 22.7 Å². The van der Waals surface area contributed by atoms with Crippen molar-refractivity contribution in [1.82, 2.24) is 0 Å². The quantitative estimate of drug-likeness (QED) is 0.460. The van der Waals surface area contributed by atoms with E-state index in [2.05, 4.69) is 59.4 Å². The molecule has 0 saturated heterocycles. The van der Waals surface area contributed by atoms with E-state index in [1.807, 2.05) is 0 Å². The van der Waals surface area contributed by atoms with Crippen molar-refractivity contribution in [2.75, 3.05) is 0 Å². The zero-order chi connectivity index (χ0) is 21.7. The molecule has 9 atom stereocenters. The summed E-state index contributed by atoms with van der Waals surface area (Å²) in [5.41, 5.74) is 3.77. The Hall–Kier alpha value is -0.820. The maximum absolute atomic E-state index is 10.2. The summed E-state index contributed by atoms with van der Waals surface area (Å²) >= 11 is 0. The number of allylic oxidation sites excluding steroid dienone is 4. The molecule has 0 amide bonds. The third kappa shape index (κ3) is 3.58. The normalized spacial score (nSPS) is 45.3. The molecule has 1 nitrogen and oxygen atoms in total. The standard InChI is InChI=1S/C29H46O/c1-7-21(19(2)3)9-8-20(4)25-12-13-26-24-11-10-22-18-23(30)14-16-28(22,5)27(24)15-17-29(25,26)6/h8-10,20-21,23-27,30H,2,7,11-18H2,1,3-6H3/t20-,21-,23-,24-,25-,26-,27-,28-,29+/m0/s1. The molecule has 0 bridgehead atoms. The topological polar surface area (TPSA) is 20.2 Å². The van der Waals surface area contributed by atoms with Gasteiger partial charge in [0.1, 0.15) is 0 Å². The van der Waals surface area contributed by atoms with Crippen LogP contribution in [0.15, 0.2) is 36.0 Å². The summed E-state index contributed by atoms with van der Waals surface area (Å²) in [6, 6.07) is 0. The molecule has 0 unspecified atom stereocenters. The first-order valence-electron chi connectivity index (χ1n) is 12.9. The molecular formula is C29H46O. The van der Waals surface area contributed by atoms with E-state index in [0.717, 1.165) is 42.9 Å². The molecule has 3 fully saturated rings. The van der Waals surface area contributed by atoms with Crippen molar-refractivity contribution >= 4 is 0 Å². The third-order valence-electron chi connectivity index (χ3n) is 10.5. The molecule has 0 radical (unpaired) electrons. The second kappa shape index (κ2) is 8.27. The molecule has 1 heteroatoms. The van der Waals surface area contributed by atoms with Crippen LogP contribution in [0.4, 0.5) is 0 Å². The first-order valence-corrected chi connectivity index (χ1v) is 12.9. The lowest BCUT2D eigenvalue weighted by atomic mass is 9.47. The molecule has 168 valence electrons. The van der Waals surface area contributed by atoms with Gasteiger partial charge in [-0.25, -0.2) is 0 Å². The number of rotatable bonds is 5. The Balaban J connectivity index is 1.53. The molecule has 0 aliphatic heterocycles. The summed E-state index contributed by atoms with van der Waals surface area (Å²) < 4.78 is 0. The Labute approximate surface area is 186 Å². The molecule has 0 spiro atoms. The Morgan fingerprint density at radius 3 is 2.63 bits per heavy atom. The molecule has 0 aromatic heterocycles. The van der Waals surface area contributed by atoms with Crippen molar-refractivity contribution in [2.24, 2.45) is 46.3 Å². The molecule has 1 N–H and O–H groups in total. The van der Waals surface area contributed by atoms with Crippen LogP contribution in [0.3, 0.4) is 0 Å². The van der Waals surface area contributed by atoms with E-state index < -0.39 is 0 Å². The first kappa shape index (κ1) is 22.4. The van der Waals surface area contributed by atoms with Crippen molar-refractivity contribution in [3.63, 3.8) is 0 Å². The molecule has 4 rings (SSSR count). The molecule has 0 aromatic carbocycles. The molecule has 0 heterocycles. The Morgan fingerprint density at radius 2 is 1.93 bits per heavy atom. The Bertz CT molecular complexity index is 716. The number of hydrogen-bond donors (Lipinski definition) is 1. The van der Waals surface area contributed by atoms with Crippen molar-refractivity contribution in [3.05, 3.63) is 36.0 Å². The van der Waals surface area contributed by atoms with Gasteiger partial charge in [0.05, 0.1) is 6.10 Å². The van der Waals surface area contributed by atoms with Gasteiger partial charge in [-0.1, -0.05) is 63.6 Å². The van der Waals surface area contributed by atoms with Gasteiger partial charge in [-0.3, -0.25) is 0 Å². The summed E-state index contributed by atoms with van der Waals surface area (Å²) in [5.74, 6) is 4.64. The molecule has 3 saturated carbocycles. The number of fused-ring (bicyclic) bond motifs is 5. The maximum atomic E-state index is 10.2. The lowest BCUT2D eigenvalue weighted by molar-refractivity contribution is -0.0540. The van der Waals surface area contributed by atoms with Gasteiger partial charge in [-0.15, -0.1) is 0 Å². The van der Waals surface area contributed by atoms with Crippen molar-refractivity contribution in [2.45, 2.75) is 98.5 Å². The summed E-state index contributed by atoms with van der Waals surface area (Å²) in [6.45, 7) is 16.3. The van der Waals surface area contributed by atoms with E-state index in [9.17, 15) is 5.11 Å². The lowest BCUT2D eigenvalue weighted by Gasteiger charge is -2.58. The number of aliphatic hydroxyl groups is 1. The average molecular weight is 411 g/mol. The third-order valence-corrected chi connectivity index (χ3v) is 10.5. The predicted molar refractivity (Wildman–Crippen MR) is 128 cm³/mol. The van der Waals surface area contributed by atoms with Gasteiger partial charge in [-0.2, -0.15) is 0 Å². The van der Waals surface area contributed by atoms with Crippen LogP contribution in [-0.2, 0) is 0 Å². The smallest absolute Gasteiger partial charge is 0.0577 e. The van der Waals surface area contributed by atoms with Gasteiger partial charge in [0.2, 0.25) is 0 Å². The van der Waals surface area contributed by atoms with Crippen molar-refractivity contribution in [1.29, 1.82) is 0 Å². The summed E-state index contributed by atoms with van der Waals surface area (Å²) in [6.07, 6.45) is 18.7. The molecule has 4 aliphatic carbocycles. The zero-order valence-electron chi connectivity index (χ0n) is 20.3. The first-order chi connectivity index (χ1) is 14.2. The summed E-state index contributed by atoms with van der Waals surface area (Å²) in [7, 11) is 0. The van der Waals surface area contributed by atoms with Crippen LogP contribution in [0, 0.1) is 46.3 Å². The van der Waals surface area contributed by atoms with Gasteiger partial charge in [0.25, 0.3) is 0 Å². The fourth-order valence-corrected chi connectivity index (χ4v) is 8.64. The van der Waals surface area contributed by atoms with E-state index in [1.165, 1.54) is 44.1 Å². The molecule has 30 heavy (non-hydrogen) atoms. The van der Waals surface area contributed by atoms with E-state index >= 15 is 0 Å². The van der Waals surface area contributed by atoms with Crippen LogP contribution < -0.4 is 0 Å². The van der Waals surface area contributed by atoms with Crippen LogP contribution >= 0.6 is 0 Å². The Kier molecular flexibility index (Phi) is 6.17. The highest BCUT2D eigenvalue weighted by atomic mass is 16.3. The van der Waals surface area contributed by atoms with E-state index in [1.54, 1.807) is 5.57 Å². The second-order valence-electron chi connectivity index (χ2n) is 12.0. The second-order valence-corrected chi connectivity index (χ2v) is 12.0. The zero-order valence-corrected chi connectivity index (χ0v) is 20.3. The highest BCUT2D eigenvalue weighted by Gasteiger charge is 2.58. The largest absolute Gasteiger partial charge is 0.393 e. The highest BCUT2D eigenvalue weighted by molar-refractivity contribution is 5.25.